The van der Waals surface area contributed by atoms with Crippen molar-refractivity contribution in [2.75, 3.05) is 13.1 Å². The van der Waals surface area contributed by atoms with Gasteiger partial charge in [-0.25, -0.2) is 0 Å². The molecule has 4 heteroatoms. The Hall–Kier alpha value is -1.58. The summed E-state index contributed by atoms with van der Waals surface area (Å²) in [6.07, 6.45) is 7.75. The first-order valence-electron chi connectivity index (χ1n) is 8.21. The lowest BCUT2D eigenvalue weighted by Gasteiger charge is -2.17. The van der Waals surface area contributed by atoms with E-state index in [0.29, 0.717) is 6.04 Å². The average molecular weight is 290 g/mol. The number of rotatable bonds is 9. The zero-order valence-electron chi connectivity index (χ0n) is 13.7. The van der Waals surface area contributed by atoms with E-state index in [-0.39, 0.29) is 0 Å². The second kappa shape index (κ2) is 11.1. The molecular formula is C17H30N4. The van der Waals surface area contributed by atoms with Crippen LogP contribution in [0, 0.1) is 0 Å². The third kappa shape index (κ3) is 8.33. The Morgan fingerprint density at radius 2 is 2.14 bits per heavy atom. The minimum atomic E-state index is 0.462. The van der Waals surface area contributed by atoms with Crippen molar-refractivity contribution in [1.29, 1.82) is 0 Å². The predicted octanol–water partition coefficient (Wildman–Crippen LogP) is 3.15. The molecule has 0 saturated carbocycles. The van der Waals surface area contributed by atoms with E-state index in [9.17, 15) is 0 Å². The van der Waals surface area contributed by atoms with Crippen LogP contribution in [-0.2, 0) is 6.42 Å². The summed E-state index contributed by atoms with van der Waals surface area (Å²) in [5.41, 5.74) is 1.09. The van der Waals surface area contributed by atoms with E-state index in [1.54, 1.807) is 0 Å². The molecule has 1 unspecified atom stereocenters. The molecule has 2 N–H and O–H groups in total. The zero-order chi connectivity index (χ0) is 15.3. The molecule has 0 radical (unpaired) electrons. The number of hydrogen-bond donors (Lipinski definition) is 2. The Labute approximate surface area is 129 Å². The minimum absolute atomic E-state index is 0.462. The van der Waals surface area contributed by atoms with Crippen molar-refractivity contribution in [2.45, 2.75) is 58.9 Å². The van der Waals surface area contributed by atoms with E-state index < -0.39 is 0 Å². The molecule has 1 rings (SSSR count). The molecule has 0 aliphatic carbocycles. The molecule has 0 amide bonds. The number of pyridine rings is 1. The van der Waals surface area contributed by atoms with E-state index in [0.717, 1.165) is 31.2 Å². The number of aliphatic imine (C=N–C) groups is 1. The topological polar surface area (TPSA) is 49.3 Å². The monoisotopic (exact) mass is 290 g/mol. The van der Waals surface area contributed by atoms with Crippen LogP contribution < -0.4 is 10.6 Å². The summed E-state index contributed by atoms with van der Waals surface area (Å²) in [6, 6.07) is 6.47. The third-order valence-electron chi connectivity index (χ3n) is 3.33. The molecule has 1 aromatic heterocycles. The van der Waals surface area contributed by atoms with Crippen LogP contribution in [0.2, 0.25) is 0 Å². The number of nitrogens with zero attached hydrogens (tertiary/aromatic N) is 2. The van der Waals surface area contributed by atoms with Crippen molar-refractivity contribution in [1.82, 2.24) is 15.6 Å². The largest absolute Gasteiger partial charge is 0.357 e. The van der Waals surface area contributed by atoms with E-state index in [2.05, 4.69) is 41.4 Å². The number of guanidine groups is 1. The molecule has 0 aromatic carbocycles. The van der Waals surface area contributed by atoms with Crippen LogP contribution in [-0.4, -0.2) is 30.1 Å². The smallest absolute Gasteiger partial charge is 0.191 e. The summed E-state index contributed by atoms with van der Waals surface area (Å²) in [7, 11) is 0. The highest BCUT2D eigenvalue weighted by molar-refractivity contribution is 5.80. The summed E-state index contributed by atoms with van der Waals surface area (Å²) in [4.78, 5) is 8.95. The molecule has 0 spiro atoms. The van der Waals surface area contributed by atoms with Gasteiger partial charge in [0.1, 0.15) is 0 Å². The normalized spacial score (nSPS) is 13.0. The van der Waals surface area contributed by atoms with Gasteiger partial charge in [-0.3, -0.25) is 9.98 Å². The van der Waals surface area contributed by atoms with Crippen LogP contribution in [0.4, 0.5) is 0 Å². The molecule has 4 nitrogen and oxygen atoms in total. The van der Waals surface area contributed by atoms with Gasteiger partial charge >= 0.3 is 0 Å². The Morgan fingerprint density at radius 3 is 2.81 bits per heavy atom. The van der Waals surface area contributed by atoms with Gasteiger partial charge in [-0.05, 0) is 32.4 Å². The van der Waals surface area contributed by atoms with Gasteiger partial charge < -0.3 is 10.6 Å². The van der Waals surface area contributed by atoms with Crippen LogP contribution in [0.25, 0.3) is 0 Å². The molecule has 118 valence electrons. The highest BCUT2D eigenvalue weighted by Crippen LogP contribution is 2.02. The van der Waals surface area contributed by atoms with Crippen LogP contribution in [0.5, 0.6) is 0 Å². The maximum Gasteiger partial charge on any atom is 0.191 e. The molecule has 0 aliphatic heterocycles. The Bertz CT molecular complexity index is 389. The second-order valence-electron chi connectivity index (χ2n) is 5.37. The first-order chi connectivity index (χ1) is 10.3. The average Bonchev–Trinajstić information content (AvgIpc) is 2.49. The second-order valence-corrected chi connectivity index (χ2v) is 5.37. The molecule has 0 aliphatic rings. The molecule has 21 heavy (non-hydrogen) atoms. The highest BCUT2D eigenvalue weighted by atomic mass is 15.2. The van der Waals surface area contributed by atoms with Gasteiger partial charge in [0.2, 0.25) is 0 Å². The highest BCUT2D eigenvalue weighted by Gasteiger charge is 2.04. The summed E-state index contributed by atoms with van der Waals surface area (Å²) < 4.78 is 0. The van der Waals surface area contributed by atoms with Crippen molar-refractivity contribution in [3.05, 3.63) is 30.1 Å². The number of nitrogens with one attached hydrogen (secondary N) is 2. The summed E-state index contributed by atoms with van der Waals surface area (Å²) in [5.74, 6) is 0.914. The standard InChI is InChI=1S/C17H30N4/c1-4-6-7-10-15(3)21-17(18-5-2)20-14-12-16-11-8-9-13-19-16/h8-9,11,13,15H,4-7,10,12,14H2,1-3H3,(H2,18,20,21). The van der Waals surface area contributed by atoms with E-state index in [1.165, 1.54) is 25.7 Å². The predicted molar refractivity (Wildman–Crippen MR) is 90.7 cm³/mol. The third-order valence-corrected chi connectivity index (χ3v) is 3.33. The van der Waals surface area contributed by atoms with Crippen molar-refractivity contribution in [3.8, 4) is 0 Å². The van der Waals surface area contributed by atoms with Gasteiger partial charge in [0.05, 0.1) is 0 Å². The van der Waals surface area contributed by atoms with Crippen molar-refractivity contribution >= 4 is 5.96 Å². The minimum Gasteiger partial charge on any atom is -0.357 e. The zero-order valence-corrected chi connectivity index (χ0v) is 13.7. The lowest BCUT2D eigenvalue weighted by Crippen LogP contribution is -2.42. The van der Waals surface area contributed by atoms with Gasteiger partial charge in [0.25, 0.3) is 0 Å². The number of unbranched alkanes of at least 4 members (excludes halogenated alkanes) is 2. The summed E-state index contributed by atoms with van der Waals surface area (Å²) >= 11 is 0. The van der Waals surface area contributed by atoms with Gasteiger partial charge in [0, 0.05) is 37.4 Å². The quantitative estimate of drug-likeness (QED) is 0.417. The SMILES string of the molecule is CCCCCC(C)NC(=NCCc1ccccn1)NCC. The van der Waals surface area contributed by atoms with Gasteiger partial charge in [-0.1, -0.05) is 32.3 Å². The molecule has 0 fully saturated rings. The fraction of sp³-hybridized carbons (Fsp3) is 0.647. The Balaban J connectivity index is 2.38. The van der Waals surface area contributed by atoms with Crippen molar-refractivity contribution < 1.29 is 0 Å². The van der Waals surface area contributed by atoms with Gasteiger partial charge in [0.15, 0.2) is 5.96 Å². The van der Waals surface area contributed by atoms with Crippen molar-refractivity contribution in [3.63, 3.8) is 0 Å². The molecule has 0 bridgehead atoms. The fourth-order valence-electron chi connectivity index (χ4n) is 2.15. The van der Waals surface area contributed by atoms with Crippen LogP contribution in [0.3, 0.4) is 0 Å². The van der Waals surface area contributed by atoms with Gasteiger partial charge in [-0.2, -0.15) is 0 Å². The van der Waals surface area contributed by atoms with Crippen LogP contribution in [0.15, 0.2) is 29.4 Å². The summed E-state index contributed by atoms with van der Waals surface area (Å²) in [5, 5.41) is 6.79. The fourth-order valence-corrected chi connectivity index (χ4v) is 2.15. The summed E-state index contributed by atoms with van der Waals surface area (Å²) in [6.45, 7) is 8.20. The first kappa shape index (κ1) is 17.5. The lowest BCUT2D eigenvalue weighted by molar-refractivity contribution is 0.547. The molecule has 0 saturated heterocycles. The lowest BCUT2D eigenvalue weighted by atomic mass is 10.1. The van der Waals surface area contributed by atoms with E-state index in [1.807, 2.05) is 24.4 Å². The Morgan fingerprint density at radius 1 is 1.29 bits per heavy atom. The van der Waals surface area contributed by atoms with E-state index in [4.69, 9.17) is 0 Å². The Kier molecular flexibility index (Phi) is 9.25. The molecule has 1 atom stereocenters. The molecule has 1 heterocycles. The maximum absolute atomic E-state index is 4.63. The molecular weight excluding hydrogens is 260 g/mol. The first-order valence-corrected chi connectivity index (χ1v) is 8.21. The van der Waals surface area contributed by atoms with Gasteiger partial charge in [-0.15, -0.1) is 0 Å². The van der Waals surface area contributed by atoms with E-state index >= 15 is 0 Å². The molecule has 1 aromatic rings. The van der Waals surface area contributed by atoms with Crippen LogP contribution in [0.1, 0.15) is 52.1 Å². The number of hydrogen-bond acceptors (Lipinski definition) is 2. The maximum atomic E-state index is 4.63. The number of aromatic nitrogens is 1. The van der Waals surface area contributed by atoms with Crippen molar-refractivity contribution in [2.24, 2.45) is 4.99 Å². The van der Waals surface area contributed by atoms with Crippen LogP contribution >= 0.6 is 0 Å².